The Balaban J connectivity index is 2.42. The highest BCUT2D eigenvalue weighted by molar-refractivity contribution is 5.20. The summed E-state index contributed by atoms with van der Waals surface area (Å²) in [7, 11) is 0. The second-order valence-corrected chi connectivity index (χ2v) is 7.76. The van der Waals surface area contributed by atoms with Gasteiger partial charge in [0.25, 0.3) is 0 Å². The molecule has 0 bridgehead atoms. The van der Waals surface area contributed by atoms with Gasteiger partial charge in [0.2, 0.25) is 0 Å². The summed E-state index contributed by atoms with van der Waals surface area (Å²) in [4.78, 5) is 0. The van der Waals surface area contributed by atoms with Gasteiger partial charge in [0.1, 0.15) is 11.5 Å². The van der Waals surface area contributed by atoms with Crippen molar-refractivity contribution in [3.63, 3.8) is 0 Å². The molecule has 0 fully saturated rings. The molecule has 116 valence electrons. The molecule has 0 atom stereocenters. The molecule has 1 heterocycles. The first-order valence-corrected chi connectivity index (χ1v) is 7.48. The van der Waals surface area contributed by atoms with Gasteiger partial charge in [0.05, 0.1) is 13.2 Å². The van der Waals surface area contributed by atoms with Crippen molar-refractivity contribution in [1.29, 1.82) is 0 Å². The summed E-state index contributed by atoms with van der Waals surface area (Å²) >= 11 is 0. The molecule has 1 rings (SSSR count). The number of furan rings is 1. The lowest BCUT2D eigenvalue weighted by Crippen LogP contribution is -2.34. The summed E-state index contributed by atoms with van der Waals surface area (Å²) in [5, 5.41) is 3.43. The second kappa shape index (κ2) is 6.77. The summed E-state index contributed by atoms with van der Waals surface area (Å²) in [6, 6.07) is 2.10. The second-order valence-electron chi connectivity index (χ2n) is 7.76. The van der Waals surface area contributed by atoms with Crippen molar-refractivity contribution in [3.05, 3.63) is 23.2 Å². The molecule has 0 aromatic carbocycles. The van der Waals surface area contributed by atoms with E-state index in [1.165, 1.54) is 0 Å². The van der Waals surface area contributed by atoms with E-state index in [0.29, 0.717) is 12.0 Å². The molecule has 0 spiro atoms. The fourth-order valence-corrected chi connectivity index (χ4v) is 1.73. The van der Waals surface area contributed by atoms with Crippen molar-refractivity contribution >= 4 is 0 Å². The Morgan fingerprint density at radius 2 is 1.80 bits per heavy atom. The van der Waals surface area contributed by atoms with E-state index in [9.17, 15) is 0 Å². The average Bonchev–Trinajstić information content (AvgIpc) is 2.61. The summed E-state index contributed by atoms with van der Waals surface area (Å²) in [6.45, 7) is 17.3. The largest absolute Gasteiger partial charge is 0.465 e. The zero-order chi connectivity index (χ0) is 15.4. The first-order chi connectivity index (χ1) is 9.07. The van der Waals surface area contributed by atoms with Crippen LogP contribution in [0, 0.1) is 12.3 Å². The lowest BCUT2D eigenvalue weighted by atomic mass is 9.93. The van der Waals surface area contributed by atoms with E-state index in [1.807, 2.05) is 6.92 Å². The number of hydrogen-bond donors (Lipinski definition) is 1. The molecular weight excluding hydrogens is 250 g/mol. The van der Waals surface area contributed by atoms with Crippen molar-refractivity contribution in [2.45, 2.75) is 73.6 Å². The Morgan fingerprint density at radius 3 is 2.35 bits per heavy atom. The van der Waals surface area contributed by atoms with Crippen LogP contribution in [0.3, 0.4) is 0 Å². The highest BCUT2D eigenvalue weighted by Gasteiger charge is 2.13. The fourth-order valence-electron chi connectivity index (χ4n) is 1.73. The van der Waals surface area contributed by atoms with Crippen LogP contribution >= 0.6 is 0 Å². The minimum atomic E-state index is 0.101. The third-order valence-corrected chi connectivity index (χ3v) is 3.12. The molecule has 0 unspecified atom stereocenters. The van der Waals surface area contributed by atoms with E-state index in [-0.39, 0.29) is 5.54 Å². The van der Waals surface area contributed by atoms with Crippen LogP contribution < -0.4 is 5.32 Å². The average molecular weight is 281 g/mol. The van der Waals surface area contributed by atoms with Gasteiger partial charge in [-0.25, -0.2) is 0 Å². The fraction of sp³-hybridized carbons (Fsp3) is 0.765. The maximum Gasteiger partial charge on any atom is 0.118 e. The van der Waals surface area contributed by atoms with Gasteiger partial charge in [-0.2, -0.15) is 0 Å². The standard InChI is InChI=1S/C17H31NO2/c1-13-14(12-19-9-8-16(2,3)4)10-15(20-13)11-18-17(5,6)7/h10,18H,8-9,11-12H2,1-7H3. The Bertz CT molecular complexity index is 408. The smallest absolute Gasteiger partial charge is 0.118 e. The lowest BCUT2D eigenvalue weighted by molar-refractivity contribution is 0.0954. The van der Waals surface area contributed by atoms with Gasteiger partial charge in [0, 0.05) is 17.7 Å². The Labute approximate surface area is 124 Å². The van der Waals surface area contributed by atoms with Gasteiger partial charge >= 0.3 is 0 Å². The number of ether oxygens (including phenoxy) is 1. The highest BCUT2D eigenvalue weighted by atomic mass is 16.5. The first-order valence-electron chi connectivity index (χ1n) is 7.48. The summed E-state index contributed by atoms with van der Waals surface area (Å²) in [5.74, 6) is 1.94. The molecule has 0 aliphatic rings. The molecule has 20 heavy (non-hydrogen) atoms. The van der Waals surface area contributed by atoms with Gasteiger partial charge in [0.15, 0.2) is 0 Å². The topological polar surface area (TPSA) is 34.4 Å². The zero-order valence-corrected chi connectivity index (χ0v) is 14.2. The van der Waals surface area contributed by atoms with Gasteiger partial charge in [-0.3, -0.25) is 0 Å². The van der Waals surface area contributed by atoms with Gasteiger partial charge < -0.3 is 14.5 Å². The molecule has 1 aromatic heterocycles. The normalized spacial score (nSPS) is 12.9. The summed E-state index contributed by atoms with van der Waals surface area (Å²) in [6.07, 6.45) is 1.07. The molecule has 0 aliphatic carbocycles. The third kappa shape index (κ3) is 7.11. The summed E-state index contributed by atoms with van der Waals surface area (Å²) in [5.41, 5.74) is 1.58. The molecular formula is C17H31NO2. The monoisotopic (exact) mass is 281 g/mol. The number of nitrogens with one attached hydrogen (secondary N) is 1. The van der Waals surface area contributed by atoms with Crippen LogP contribution in [-0.4, -0.2) is 12.1 Å². The maximum atomic E-state index is 5.77. The van der Waals surface area contributed by atoms with E-state index in [1.54, 1.807) is 0 Å². The van der Waals surface area contributed by atoms with Crippen molar-refractivity contribution < 1.29 is 9.15 Å². The Morgan fingerprint density at radius 1 is 1.15 bits per heavy atom. The van der Waals surface area contributed by atoms with Gasteiger partial charge in [-0.1, -0.05) is 20.8 Å². The molecule has 0 saturated heterocycles. The van der Waals surface area contributed by atoms with E-state index in [2.05, 4.69) is 52.9 Å². The van der Waals surface area contributed by atoms with Gasteiger partial charge in [-0.15, -0.1) is 0 Å². The van der Waals surface area contributed by atoms with Crippen molar-refractivity contribution in [2.24, 2.45) is 5.41 Å². The predicted molar refractivity (Wildman–Crippen MR) is 83.8 cm³/mol. The van der Waals surface area contributed by atoms with Crippen LogP contribution in [0.4, 0.5) is 0 Å². The number of rotatable bonds is 6. The minimum Gasteiger partial charge on any atom is -0.465 e. The van der Waals surface area contributed by atoms with Crippen LogP contribution in [0.2, 0.25) is 0 Å². The quantitative estimate of drug-likeness (QED) is 0.783. The van der Waals surface area contributed by atoms with Crippen molar-refractivity contribution in [2.75, 3.05) is 6.61 Å². The molecule has 0 amide bonds. The Kier molecular flexibility index (Phi) is 5.84. The molecule has 0 radical (unpaired) electrons. The maximum absolute atomic E-state index is 5.77. The predicted octanol–water partition coefficient (Wildman–Crippen LogP) is 4.43. The third-order valence-electron chi connectivity index (χ3n) is 3.12. The van der Waals surface area contributed by atoms with E-state index >= 15 is 0 Å². The van der Waals surface area contributed by atoms with Crippen LogP contribution in [-0.2, 0) is 17.9 Å². The molecule has 3 heteroatoms. The lowest BCUT2D eigenvalue weighted by Gasteiger charge is -2.19. The van der Waals surface area contributed by atoms with E-state index in [0.717, 1.165) is 36.7 Å². The van der Waals surface area contributed by atoms with E-state index in [4.69, 9.17) is 9.15 Å². The number of aryl methyl sites for hydroxylation is 1. The van der Waals surface area contributed by atoms with Crippen LogP contribution in [0.15, 0.2) is 10.5 Å². The molecule has 0 aliphatic heterocycles. The van der Waals surface area contributed by atoms with Crippen LogP contribution in [0.5, 0.6) is 0 Å². The molecule has 3 nitrogen and oxygen atoms in total. The zero-order valence-electron chi connectivity index (χ0n) is 14.2. The Hall–Kier alpha value is -0.800. The SMILES string of the molecule is Cc1oc(CNC(C)(C)C)cc1COCCC(C)(C)C. The number of hydrogen-bond acceptors (Lipinski definition) is 3. The molecule has 1 aromatic rings. The summed E-state index contributed by atoms with van der Waals surface area (Å²) < 4.78 is 11.5. The van der Waals surface area contributed by atoms with Crippen molar-refractivity contribution in [1.82, 2.24) is 5.32 Å². The molecule has 0 saturated carbocycles. The molecule has 1 N–H and O–H groups in total. The minimum absolute atomic E-state index is 0.101. The highest BCUT2D eigenvalue weighted by Crippen LogP contribution is 2.20. The van der Waals surface area contributed by atoms with Crippen LogP contribution in [0.1, 0.15) is 65.0 Å². The van der Waals surface area contributed by atoms with Crippen molar-refractivity contribution in [3.8, 4) is 0 Å². The van der Waals surface area contributed by atoms with Crippen LogP contribution in [0.25, 0.3) is 0 Å². The van der Waals surface area contributed by atoms with Gasteiger partial charge in [-0.05, 0) is 45.6 Å². The van der Waals surface area contributed by atoms with E-state index < -0.39 is 0 Å². The first kappa shape index (κ1) is 17.3.